The van der Waals surface area contributed by atoms with E-state index in [4.69, 9.17) is 10.8 Å². The summed E-state index contributed by atoms with van der Waals surface area (Å²) >= 11 is 0. The summed E-state index contributed by atoms with van der Waals surface area (Å²) in [6.07, 6.45) is 1.55. The fraction of sp³-hybridized carbons (Fsp3) is 0.417. The average molecular weight is 240 g/mol. The van der Waals surface area contributed by atoms with Crippen LogP contribution in [0.4, 0.5) is 4.39 Å². The lowest BCUT2D eigenvalue weighted by Gasteiger charge is -2.06. The van der Waals surface area contributed by atoms with Crippen LogP contribution >= 0.6 is 0 Å². The number of nitrogens with one attached hydrogen (secondary N) is 1. The van der Waals surface area contributed by atoms with Crippen molar-refractivity contribution in [2.45, 2.75) is 19.4 Å². The minimum absolute atomic E-state index is 0.160. The van der Waals surface area contributed by atoms with E-state index in [-0.39, 0.29) is 12.4 Å². The summed E-state index contributed by atoms with van der Waals surface area (Å²) in [4.78, 5) is 10.9. The second-order valence-electron chi connectivity index (χ2n) is 3.78. The van der Waals surface area contributed by atoms with Crippen LogP contribution in [-0.2, 0) is 6.54 Å². The van der Waals surface area contributed by atoms with Crippen molar-refractivity contribution < 1.29 is 14.3 Å². The van der Waals surface area contributed by atoms with E-state index in [9.17, 15) is 9.18 Å². The number of benzene rings is 1. The average Bonchev–Trinajstić information content (AvgIpc) is 2.30. The van der Waals surface area contributed by atoms with Crippen LogP contribution in [0.5, 0.6) is 0 Å². The number of nitrogens with two attached hydrogens (primary N) is 1. The van der Waals surface area contributed by atoms with E-state index in [0.29, 0.717) is 24.2 Å². The first-order valence-electron chi connectivity index (χ1n) is 5.55. The van der Waals surface area contributed by atoms with E-state index in [1.54, 1.807) is 0 Å². The van der Waals surface area contributed by atoms with Gasteiger partial charge in [0.15, 0.2) is 0 Å². The zero-order valence-corrected chi connectivity index (χ0v) is 9.58. The summed E-state index contributed by atoms with van der Waals surface area (Å²) in [7, 11) is 0. The van der Waals surface area contributed by atoms with Gasteiger partial charge in [-0.05, 0) is 37.6 Å². The van der Waals surface area contributed by atoms with Crippen LogP contribution in [0.1, 0.15) is 28.8 Å². The van der Waals surface area contributed by atoms with Gasteiger partial charge in [0.2, 0.25) is 5.91 Å². The van der Waals surface area contributed by atoms with Crippen LogP contribution in [0.15, 0.2) is 18.2 Å². The van der Waals surface area contributed by atoms with Crippen LogP contribution < -0.4 is 11.1 Å². The molecule has 0 heterocycles. The van der Waals surface area contributed by atoms with Crippen molar-refractivity contribution in [3.63, 3.8) is 0 Å². The molecule has 0 aliphatic carbocycles. The first-order valence-corrected chi connectivity index (χ1v) is 5.55. The standard InChI is InChI=1S/C12H17FN2O2/c13-11-4-3-9(12(14)17)7-10(11)8-15-5-1-2-6-16/h3-4,7,15-16H,1-2,5-6,8H2,(H2,14,17). The van der Waals surface area contributed by atoms with Gasteiger partial charge in [-0.1, -0.05) is 0 Å². The molecule has 17 heavy (non-hydrogen) atoms. The van der Waals surface area contributed by atoms with Crippen LogP contribution in [0.2, 0.25) is 0 Å². The number of primary amides is 1. The summed E-state index contributed by atoms with van der Waals surface area (Å²) in [6.45, 7) is 1.20. The maximum absolute atomic E-state index is 13.4. The molecule has 0 aliphatic heterocycles. The monoisotopic (exact) mass is 240 g/mol. The lowest BCUT2D eigenvalue weighted by molar-refractivity contribution is 0.1000. The molecular formula is C12H17FN2O2. The molecule has 1 aromatic rings. The molecule has 94 valence electrons. The topological polar surface area (TPSA) is 75.4 Å². The van der Waals surface area contributed by atoms with Gasteiger partial charge in [0.05, 0.1) is 0 Å². The number of amides is 1. The number of carbonyl (C=O) groups is 1. The molecule has 0 unspecified atom stereocenters. The molecule has 0 radical (unpaired) electrons. The quantitative estimate of drug-likeness (QED) is 0.617. The molecule has 0 spiro atoms. The highest BCUT2D eigenvalue weighted by molar-refractivity contribution is 5.92. The Labute approximate surface area is 99.6 Å². The zero-order valence-electron chi connectivity index (χ0n) is 9.58. The van der Waals surface area contributed by atoms with Crippen molar-refractivity contribution in [2.24, 2.45) is 5.73 Å². The van der Waals surface area contributed by atoms with Crippen LogP contribution in [0, 0.1) is 5.82 Å². The summed E-state index contributed by atoms with van der Waals surface area (Å²) in [5.74, 6) is -0.920. The van der Waals surface area contributed by atoms with Gasteiger partial charge in [-0.15, -0.1) is 0 Å². The summed E-state index contributed by atoms with van der Waals surface area (Å²) < 4.78 is 13.4. The normalized spacial score (nSPS) is 10.5. The van der Waals surface area contributed by atoms with Crippen LogP contribution in [-0.4, -0.2) is 24.2 Å². The van der Waals surface area contributed by atoms with Crippen molar-refractivity contribution in [3.05, 3.63) is 35.1 Å². The summed E-state index contributed by atoms with van der Waals surface area (Å²) in [6, 6.07) is 4.06. The molecular weight excluding hydrogens is 223 g/mol. The van der Waals surface area contributed by atoms with Crippen molar-refractivity contribution >= 4 is 5.91 Å². The summed E-state index contributed by atoms with van der Waals surface area (Å²) in [5.41, 5.74) is 5.84. The Morgan fingerprint density at radius 3 is 2.82 bits per heavy atom. The van der Waals surface area contributed by atoms with Crippen LogP contribution in [0.3, 0.4) is 0 Å². The van der Waals surface area contributed by atoms with E-state index in [1.807, 2.05) is 0 Å². The van der Waals surface area contributed by atoms with Gasteiger partial charge in [0, 0.05) is 24.3 Å². The number of carbonyl (C=O) groups excluding carboxylic acids is 1. The second-order valence-corrected chi connectivity index (χ2v) is 3.78. The Morgan fingerprint density at radius 1 is 1.41 bits per heavy atom. The SMILES string of the molecule is NC(=O)c1ccc(F)c(CNCCCCO)c1. The number of unbranched alkanes of at least 4 members (excludes halogenated alkanes) is 1. The third-order valence-electron chi connectivity index (χ3n) is 2.41. The largest absolute Gasteiger partial charge is 0.396 e. The predicted molar refractivity (Wildman–Crippen MR) is 62.9 cm³/mol. The fourth-order valence-corrected chi connectivity index (χ4v) is 1.45. The van der Waals surface area contributed by atoms with Crippen molar-refractivity contribution in [2.75, 3.05) is 13.2 Å². The van der Waals surface area contributed by atoms with Gasteiger partial charge in [-0.3, -0.25) is 4.79 Å². The molecule has 1 aromatic carbocycles. The maximum atomic E-state index is 13.4. The van der Waals surface area contributed by atoms with Crippen molar-refractivity contribution in [1.82, 2.24) is 5.32 Å². The fourth-order valence-electron chi connectivity index (χ4n) is 1.45. The first kappa shape index (κ1) is 13.6. The highest BCUT2D eigenvalue weighted by atomic mass is 19.1. The highest BCUT2D eigenvalue weighted by Crippen LogP contribution is 2.10. The Morgan fingerprint density at radius 2 is 2.18 bits per heavy atom. The number of hydrogen-bond acceptors (Lipinski definition) is 3. The summed E-state index contributed by atoms with van der Waals surface area (Å²) in [5, 5.41) is 11.6. The number of rotatable bonds is 7. The molecule has 0 atom stereocenters. The van der Waals surface area contributed by atoms with Gasteiger partial charge in [-0.25, -0.2) is 4.39 Å². The first-order chi connectivity index (χ1) is 8.15. The van der Waals surface area contributed by atoms with Gasteiger partial charge in [0.1, 0.15) is 5.82 Å². The zero-order chi connectivity index (χ0) is 12.7. The molecule has 0 saturated heterocycles. The Balaban J connectivity index is 2.51. The highest BCUT2D eigenvalue weighted by Gasteiger charge is 2.06. The van der Waals surface area contributed by atoms with E-state index in [2.05, 4.69) is 5.32 Å². The number of aliphatic hydroxyl groups is 1. The van der Waals surface area contributed by atoms with Crippen molar-refractivity contribution in [3.8, 4) is 0 Å². The smallest absolute Gasteiger partial charge is 0.248 e. The lowest BCUT2D eigenvalue weighted by Crippen LogP contribution is -2.17. The second kappa shape index (κ2) is 6.98. The predicted octanol–water partition coefficient (Wildman–Crippen LogP) is 0.787. The van der Waals surface area contributed by atoms with Gasteiger partial charge < -0.3 is 16.2 Å². The van der Waals surface area contributed by atoms with Gasteiger partial charge >= 0.3 is 0 Å². The van der Waals surface area contributed by atoms with E-state index in [0.717, 1.165) is 12.8 Å². The van der Waals surface area contributed by atoms with E-state index < -0.39 is 5.91 Å². The van der Waals surface area contributed by atoms with E-state index in [1.165, 1.54) is 18.2 Å². The Kier molecular flexibility index (Phi) is 5.59. The molecule has 0 bridgehead atoms. The number of aliphatic hydroxyl groups excluding tert-OH is 1. The van der Waals surface area contributed by atoms with Gasteiger partial charge in [0.25, 0.3) is 0 Å². The maximum Gasteiger partial charge on any atom is 0.248 e. The molecule has 1 rings (SSSR count). The Hall–Kier alpha value is -1.46. The minimum Gasteiger partial charge on any atom is -0.396 e. The minimum atomic E-state index is -0.563. The molecule has 0 fully saturated rings. The number of hydrogen-bond donors (Lipinski definition) is 3. The molecule has 0 aliphatic rings. The molecule has 0 saturated carbocycles. The molecule has 4 nitrogen and oxygen atoms in total. The lowest BCUT2D eigenvalue weighted by atomic mass is 10.1. The molecule has 1 amide bonds. The van der Waals surface area contributed by atoms with Crippen LogP contribution in [0.25, 0.3) is 0 Å². The van der Waals surface area contributed by atoms with Crippen molar-refractivity contribution in [1.29, 1.82) is 0 Å². The molecule has 4 N–H and O–H groups in total. The Bertz CT molecular complexity index is 383. The molecule has 0 aromatic heterocycles. The molecule has 5 heteroatoms. The third-order valence-corrected chi connectivity index (χ3v) is 2.41. The van der Waals surface area contributed by atoms with Gasteiger partial charge in [-0.2, -0.15) is 0 Å². The number of halogens is 1. The van der Waals surface area contributed by atoms with E-state index >= 15 is 0 Å². The third kappa shape index (κ3) is 4.50.